The molecule has 1 aromatic heterocycles. The first-order valence-corrected chi connectivity index (χ1v) is 8.86. The Kier molecular flexibility index (Phi) is 5.54. The van der Waals surface area contributed by atoms with Crippen molar-refractivity contribution < 1.29 is 13.9 Å². The highest BCUT2D eigenvalue weighted by atomic mass is 19.1. The predicted octanol–water partition coefficient (Wildman–Crippen LogP) is 3.95. The van der Waals surface area contributed by atoms with Crippen molar-refractivity contribution in [3.05, 3.63) is 75.8 Å². The summed E-state index contributed by atoms with van der Waals surface area (Å²) in [6.07, 6.45) is 1.43. The van der Waals surface area contributed by atoms with Crippen LogP contribution in [-0.2, 0) is 17.8 Å². The maximum atomic E-state index is 14.2. The van der Waals surface area contributed by atoms with Gasteiger partial charge in [-0.05, 0) is 31.5 Å². The molecule has 0 spiro atoms. The summed E-state index contributed by atoms with van der Waals surface area (Å²) in [5.74, 6) is -1.13. The van der Waals surface area contributed by atoms with Crippen molar-refractivity contribution in [3.63, 3.8) is 0 Å². The van der Waals surface area contributed by atoms with Gasteiger partial charge in [-0.2, -0.15) is 0 Å². The van der Waals surface area contributed by atoms with E-state index in [-0.39, 0.29) is 17.6 Å². The molecule has 0 radical (unpaired) electrons. The van der Waals surface area contributed by atoms with Gasteiger partial charge in [0.2, 0.25) is 5.43 Å². The van der Waals surface area contributed by atoms with Crippen LogP contribution in [-0.4, -0.2) is 17.1 Å². The van der Waals surface area contributed by atoms with Crippen LogP contribution in [0.25, 0.3) is 10.9 Å². The number of ether oxygens (including phenoxy) is 1. The van der Waals surface area contributed by atoms with Crippen molar-refractivity contribution in [2.24, 2.45) is 0 Å². The maximum Gasteiger partial charge on any atom is 0.343 e. The Morgan fingerprint density at radius 1 is 1.19 bits per heavy atom. The van der Waals surface area contributed by atoms with Crippen LogP contribution in [0.3, 0.4) is 0 Å². The smallest absolute Gasteiger partial charge is 0.343 e. The number of esters is 1. The van der Waals surface area contributed by atoms with Gasteiger partial charge >= 0.3 is 5.97 Å². The number of nitrogens with zero attached hydrogens (tertiary/aromatic N) is 1. The number of anilines is 1. The van der Waals surface area contributed by atoms with Crippen LogP contribution < -0.4 is 10.7 Å². The maximum absolute atomic E-state index is 14.2. The zero-order chi connectivity index (χ0) is 19.4. The Morgan fingerprint density at radius 2 is 1.93 bits per heavy atom. The highest BCUT2D eigenvalue weighted by molar-refractivity contribution is 5.98. The highest BCUT2D eigenvalue weighted by Crippen LogP contribution is 2.24. The molecule has 0 saturated carbocycles. The molecule has 2 aromatic carbocycles. The van der Waals surface area contributed by atoms with E-state index in [1.807, 2.05) is 37.3 Å². The first-order valence-electron chi connectivity index (χ1n) is 8.86. The second-order valence-corrected chi connectivity index (χ2v) is 6.07. The summed E-state index contributed by atoms with van der Waals surface area (Å²) in [6.45, 7) is 4.62. The highest BCUT2D eigenvalue weighted by Gasteiger charge is 2.19. The van der Waals surface area contributed by atoms with E-state index in [2.05, 4.69) is 5.32 Å². The summed E-state index contributed by atoms with van der Waals surface area (Å²) < 4.78 is 20.9. The Labute approximate surface area is 156 Å². The average Bonchev–Trinajstić information content (AvgIpc) is 2.67. The van der Waals surface area contributed by atoms with E-state index in [0.717, 1.165) is 5.56 Å². The van der Waals surface area contributed by atoms with Crippen LogP contribution in [0.4, 0.5) is 10.1 Å². The number of aryl methyl sites for hydroxylation is 1. The minimum Gasteiger partial charge on any atom is -0.462 e. The molecule has 140 valence electrons. The zero-order valence-corrected chi connectivity index (χ0v) is 15.3. The fraction of sp³-hybridized carbons (Fsp3) is 0.238. The van der Waals surface area contributed by atoms with Crippen molar-refractivity contribution in [3.8, 4) is 0 Å². The Bertz CT molecular complexity index is 1030. The molecule has 5 nitrogen and oxygen atoms in total. The molecule has 6 heteroatoms. The van der Waals surface area contributed by atoms with Gasteiger partial charge in [0.1, 0.15) is 11.4 Å². The predicted molar refractivity (Wildman–Crippen MR) is 104 cm³/mol. The summed E-state index contributed by atoms with van der Waals surface area (Å²) in [6, 6.07) is 12.2. The largest absolute Gasteiger partial charge is 0.462 e. The molecule has 0 amide bonds. The minimum atomic E-state index is -0.676. The topological polar surface area (TPSA) is 60.3 Å². The van der Waals surface area contributed by atoms with Crippen molar-refractivity contribution in [1.29, 1.82) is 0 Å². The lowest BCUT2D eigenvalue weighted by atomic mass is 10.1. The third-order valence-electron chi connectivity index (χ3n) is 4.31. The molecule has 0 saturated heterocycles. The van der Waals surface area contributed by atoms with Crippen LogP contribution in [0.5, 0.6) is 0 Å². The molecular weight excluding hydrogens is 347 g/mol. The summed E-state index contributed by atoms with van der Waals surface area (Å²) in [4.78, 5) is 25.2. The molecule has 0 aliphatic heterocycles. The van der Waals surface area contributed by atoms with E-state index < -0.39 is 17.2 Å². The standard InChI is InChI=1S/C21H21FN2O3/c1-3-24-13-16(21(26)27-4-2)20(25)19-17(10-15(22)11-18(19)24)23-12-14-8-6-5-7-9-14/h5-11,13,23H,3-4,12H2,1-2H3. The van der Waals surface area contributed by atoms with Gasteiger partial charge in [0, 0.05) is 19.3 Å². The number of hydrogen-bond donors (Lipinski definition) is 1. The minimum absolute atomic E-state index is 0.0550. The van der Waals surface area contributed by atoms with E-state index in [1.165, 1.54) is 18.3 Å². The van der Waals surface area contributed by atoms with Gasteiger partial charge in [-0.3, -0.25) is 4.79 Å². The van der Waals surface area contributed by atoms with Crippen molar-refractivity contribution in [1.82, 2.24) is 4.57 Å². The molecule has 1 N–H and O–H groups in total. The lowest BCUT2D eigenvalue weighted by Gasteiger charge is -2.15. The summed E-state index contributed by atoms with van der Waals surface area (Å²) in [7, 11) is 0. The van der Waals surface area contributed by atoms with Crippen molar-refractivity contribution in [2.45, 2.75) is 26.9 Å². The van der Waals surface area contributed by atoms with E-state index in [1.54, 1.807) is 11.5 Å². The number of nitrogens with one attached hydrogen (secondary N) is 1. The van der Waals surface area contributed by atoms with E-state index in [0.29, 0.717) is 24.3 Å². The zero-order valence-electron chi connectivity index (χ0n) is 15.3. The van der Waals surface area contributed by atoms with Gasteiger partial charge < -0.3 is 14.6 Å². The van der Waals surface area contributed by atoms with Crippen LogP contribution in [0, 0.1) is 5.82 Å². The van der Waals surface area contributed by atoms with Gasteiger partial charge in [0.25, 0.3) is 0 Å². The summed E-state index contributed by atoms with van der Waals surface area (Å²) >= 11 is 0. The Balaban J connectivity index is 2.16. The monoisotopic (exact) mass is 368 g/mol. The Morgan fingerprint density at radius 3 is 2.59 bits per heavy atom. The lowest BCUT2D eigenvalue weighted by molar-refractivity contribution is 0.0524. The molecule has 0 aliphatic rings. The lowest BCUT2D eigenvalue weighted by Crippen LogP contribution is -2.22. The quantitative estimate of drug-likeness (QED) is 0.670. The third-order valence-corrected chi connectivity index (χ3v) is 4.31. The van der Waals surface area contributed by atoms with Crippen LogP contribution in [0.2, 0.25) is 0 Å². The normalized spacial score (nSPS) is 10.8. The number of carbonyl (C=O) groups excluding carboxylic acids is 1. The fourth-order valence-electron chi connectivity index (χ4n) is 3.02. The van der Waals surface area contributed by atoms with Crippen LogP contribution in [0.15, 0.2) is 53.5 Å². The number of halogens is 1. The second kappa shape index (κ2) is 8.03. The first-order chi connectivity index (χ1) is 13.0. The number of rotatable bonds is 6. The average molecular weight is 368 g/mol. The number of aromatic nitrogens is 1. The number of carbonyl (C=O) groups is 1. The SMILES string of the molecule is CCOC(=O)c1cn(CC)c2cc(F)cc(NCc3ccccc3)c2c1=O. The van der Waals surface area contributed by atoms with Gasteiger partial charge in [0.15, 0.2) is 0 Å². The van der Waals surface area contributed by atoms with Crippen LogP contribution in [0.1, 0.15) is 29.8 Å². The molecule has 0 fully saturated rings. The summed E-state index contributed by atoms with van der Waals surface area (Å²) in [5.41, 5.74) is 1.26. The van der Waals surface area contributed by atoms with Crippen molar-refractivity contribution >= 4 is 22.6 Å². The number of fused-ring (bicyclic) bond motifs is 1. The van der Waals surface area contributed by atoms with Gasteiger partial charge in [-0.25, -0.2) is 9.18 Å². The first kappa shape index (κ1) is 18.6. The number of pyridine rings is 1. The molecule has 3 rings (SSSR count). The van der Waals surface area contributed by atoms with Crippen LogP contribution >= 0.6 is 0 Å². The number of benzene rings is 2. The molecule has 27 heavy (non-hydrogen) atoms. The third kappa shape index (κ3) is 3.84. The van der Waals surface area contributed by atoms with Gasteiger partial charge in [0.05, 0.1) is 23.2 Å². The van der Waals surface area contributed by atoms with E-state index >= 15 is 0 Å². The summed E-state index contributed by atoms with van der Waals surface area (Å²) in [5, 5.41) is 3.41. The van der Waals surface area contributed by atoms with E-state index in [9.17, 15) is 14.0 Å². The molecule has 1 heterocycles. The molecule has 3 aromatic rings. The molecule has 0 aliphatic carbocycles. The van der Waals surface area contributed by atoms with Gasteiger partial charge in [-0.1, -0.05) is 30.3 Å². The fourth-order valence-corrected chi connectivity index (χ4v) is 3.02. The molecule has 0 bridgehead atoms. The molecular formula is C21H21FN2O3. The molecule has 0 unspecified atom stereocenters. The second-order valence-electron chi connectivity index (χ2n) is 6.07. The number of hydrogen-bond acceptors (Lipinski definition) is 4. The van der Waals surface area contributed by atoms with Crippen molar-refractivity contribution in [2.75, 3.05) is 11.9 Å². The van der Waals surface area contributed by atoms with Gasteiger partial charge in [-0.15, -0.1) is 0 Å². The Hall–Kier alpha value is -3.15. The molecule has 0 atom stereocenters. The van der Waals surface area contributed by atoms with E-state index in [4.69, 9.17) is 4.74 Å².